The lowest BCUT2D eigenvalue weighted by Crippen LogP contribution is -2.56. The summed E-state index contributed by atoms with van der Waals surface area (Å²) in [5.41, 5.74) is 9.57. The van der Waals surface area contributed by atoms with Crippen LogP contribution >= 0.6 is 11.6 Å². The Morgan fingerprint density at radius 2 is 1.91 bits per heavy atom. The topological polar surface area (TPSA) is 104 Å². The fourth-order valence-corrected chi connectivity index (χ4v) is 4.49. The molecule has 4 N–H and O–H groups in total. The van der Waals surface area contributed by atoms with Crippen LogP contribution in [-0.4, -0.2) is 54.0 Å². The molecule has 2 aliphatic rings. The van der Waals surface area contributed by atoms with E-state index in [1.165, 1.54) is 0 Å². The molecule has 9 heteroatoms. The number of amides is 3. The van der Waals surface area contributed by atoms with E-state index in [4.69, 9.17) is 17.3 Å². The predicted octanol–water partition coefficient (Wildman–Crippen LogP) is 2.87. The second-order valence-corrected chi connectivity index (χ2v) is 8.49. The minimum atomic E-state index is -0.580. The normalized spacial score (nSPS) is 18.3. The van der Waals surface area contributed by atoms with Gasteiger partial charge in [-0.05, 0) is 29.8 Å². The number of rotatable bonds is 2. The molecule has 32 heavy (non-hydrogen) atoms. The highest BCUT2D eigenvalue weighted by atomic mass is 35.5. The predicted molar refractivity (Wildman–Crippen MR) is 126 cm³/mol. The first-order valence-corrected chi connectivity index (χ1v) is 10.9. The van der Waals surface area contributed by atoms with E-state index in [2.05, 4.69) is 20.5 Å². The Morgan fingerprint density at radius 1 is 1.12 bits per heavy atom. The van der Waals surface area contributed by atoms with E-state index in [-0.39, 0.29) is 11.9 Å². The molecule has 0 bridgehead atoms. The Kier molecular flexibility index (Phi) is 5.22. The number of hydrogen-bond donors (Lipinski definition) is 3. The zero-order valence-electron chi connectivity index (χ0n) is 17.3. The van der Waals surface area contributed by atoms with Crippen molar-refractivity contribution in [1.29, 1.82) is 0 Å². The number of pyridine rings is 1. The molecular formula is C23H23ClN6O2. The van der Waals surface area contributed by atoms with Crippen LogP contribution < -0.4 is 21.3 Å². The summed E-state index contributed by atoms with van der Waals surface area (Å²) < 4.78 is 0. The number of hydrogen-bond acceptors (Lipinski definition) is 5. The van der Waals surface area contributed by atoms with Crippen LogP contribution in [0.3, 0.4) is 0 Å². The summed E-state index contributed by atoms with van der Waals surface area (Å²) >= 11 is 6.11. The summed E-state index contributed by atoms with van der Waals surface area (Å²) in [6.07, 6.45) is 0.485. The van der Waals surface area contributed by atoms with Crippen LogP contribution in [0.2, 0.25) is 5.02 Å². The van der Waals surface area contributed by atoms with Crippen LogP contribution in [0.1, 0.15) is 5.56 Å². The average molecular weight is 451 g/mol. The van der Waals surface area contributed by atoms with Crippen LogP contribution in [0.15, 0.2) is 48.5 Å². The molecule has 164 valence electrons. The Morgan fingerprint density at radius 3 is 2.72 bits per heavy atom. The molecule has 0 radical (unpaired) electrons. The SMILES string of the molecule is Nc1cc(N2CCN(C(=O)N[C@H]3Cc4ccccc4NC3=O)CC2)c2ccc(Cl)cc2n1. The molecule has 0 spiro atoms. The maximum atomic E-state index is 12.8. The number of nitrogen functional groups attached to an aromatic ring is 1. The first-order chi connectivity index (χ1) is 15.5. The van der Waals surface area contributed by atoms with Crippen molar-refractivity contribution in [2.24, 2.45) is 0 Å². The van der Waals surface area contributed by atoms with Gasteiger partial charge in [-0.25, -0.2) is 9.78 Å². The van der Waals surface area contributed by atoms with Gasteiger partial charge in [0, 0.05) is 60.4 Å². The number of carbonyl (C=O) groups excluding carboxylic acids is 2. The zero-order valence-corrected chi connectivity index (χ0v) is 18.1. The molecule has 0 saturated carbocycles. The largest absolute Gasteiger partial charge is 0.384 e. The number of nitrogens with one attached hydrogen (secondary N) is 2. The summed E-state index contributed by atoms with van der Waals surface area (Å²) in [6.45, 7) is 2.37. The van der Waals surface area contributed by atoms with Crippen LogP contribution in [0.4, 0.5) is 22.0 Å². The Hall–Kier alpha value is -3.52. The van der Waals surface area contributed by atoms with Gasteiger partial charge in [0.25, 0.3) is 0 Å². The van der Waals surface area contributed by atoms with Crippen molar-refractivity contribution < 1.29 is 9.59 Å². The maximum absolute atomic E-state index is 12.8. The number of aromatic nitrogens is 1. The molecule has 1 aromatic heterocycles. The van der Waals surface area contributed by atoms with Gasteiger partial charge in [-0.1, -0.05) is 29.8 Å². The highest BCUT2D eigenvalue weighted by Crippen LogP contribution is 2.30. The van der Waals surface area contributed by atoms with Crippen molar-refractivity contribution in [3.05, 3.63) is 59.1 Å². The molecule has 5 rings (SSSR count). The van der Waals surface area contributed by atoms with Crippen molar-refractivity contribution in [3.8, 4) is 0 Å². The van der Waals surface area contributed by atoms with Gasteiger partial charge < -0.3 is 26.2 Å². The molecule has 3 heterocycles. The Labute approximate surface area is 190 Å². The van der Waals surface area contributed by atoms with Gasteiger partial charge in [0.1, 0.15) is 11.9 Å². The molecule has 8 nitrogen and oxygen atoms in total. The van der Waals surface area contributed by atoms with E-state index in [0.717, 1.165) is 27.8 Å². The van der Waals surface area contributed by atoms with E-state index < -0.39 is 6.04 Å². The number of benzene rings is 2. The van der Waals surface area contributed by atoms with Gasteiger partial charge in [-0.3, -0.25) is 4.79 Å². The average Bonchev–Trinajstić information content (AvgIpc) is 2.79. The van der Waals surface area contributed by atoms with Crippen LogP contribution in [-0.2, 0) is 11.2 Å². The fraction of sp³-hybridized carbons (Fsp3) is 0.261. The monoisotopic (exact) mass is 450 g/mol. The summed E-state index contributed by atoms with van der Waals surface area (Å²) in [4.78, 5) is 33.6. The van der Waals surface area contributed by atoms with Crippen molar-refractivity contribution in [2.45, 2.75) is 12.5 Å². The summed E-state index contributed by atoms with van der Waals surface area (Å²) in [5.74, 6) is 0.242. The molecular weight excluding hydrogens is 428 g/mol. The standard InChI is InChI=1S/C23H23ClN6O2/c24-15-5-6-16-18(12-15)26-21(25)13-20(16)29-7-9-30(10-8-29)23(32)28-19-11-14-3-1-2-4-17(14)27-22(19)31/h1-6,12-13,19H,7-11H2,(H2,25,26)(H,27,31)(H,28,32)/t19-/m0/s1. The number of para-hydroxylation sites is 1. The van der Waals surface area contributed by atoms with E-state index >= 15 is 0 Å². The minimum absolute atomic E-state index is 0.187. The second-order valence-electron chi connectivity index (χ2n) is 8.05. The van der Waals surface area contributed by atoms with E-state index in [1.54, 1.807) is 11.0 Å². The minimum Gasteiger partial charge on any atom is -0.384 e. The highest BCUT2D eigenvalue weighted by molar-refractivity contribution is 6.31. The Bertz CT molecular complexity index is 1200. The third-order valence-corrected chi connectivity index (χ3v) is 6.23. The van der Waals surface area contributed by atoms with E-state index in [1.807, 2.05) is 42.5 Å². The molecule has 1 saturated heterocycles. The van der Waals surface area contributed by atoms with Crippen molar-refractivity contribution >= 4 is 51.6 Å². The number of carbonyl (C=O) groups is 2. The number of nitrogens with zero attached hydrogens (tertiary/aromatic N) is 3. The molecule has 1 fully saturated rings. The van der Waals surface area contributed by atoms with Crippen LogP contribution in [0, 0.1) is 0 Å². The van der Waals surface area contributed by atoms with Crippen molar-refractivity contribution in [3.63, 3.8) is 0 Å². The van der Waals surface area contributed by atoms with Gasteiger partial charge in [0.05, 0.1) is 5.52 Å². The molecule has 2 aromatic carbocycles. The molecule has 0 aliphatic carbocycles. The van der Waals surface area contributed by atoms with Crippen molar-refractivity contribution in [2.75, 3.05) is 42.1 Å². The number of fused-ring (bicyclic) bond motifs is 2. The zero-order chi connectivity index (χ0) is 22.2. The second kappa shape index (κ2) is 8.20. The summed E-state index contributed by atoms with van der Waals surface area (Å²) in [7, 11) is 0. The van der Waals surface area contributed by atoms with Gasteiger partial charge in [-0.15, -0.1) is 0 Å². The molecule has 0 unspecified atom stereocenters. The van der Waals surface area contributed by atoms with Gasteiger partial charge in [-0.2, -0.15) is 0 Å². The number of urea groups is 1. The first kappa shape index (κ1) is 20.4. The number of piperazine rings is 1. The lowest BCUT2D eigenvalue weighted by Gasteiger charge is -2.37. The van der Waals surface area contributed by atoms with Gasteiger partial charge in [0.2, 0.25) is 5.91 Å². The van der Waals surface area contributed by atoms with Crippen molar-refractivity contribution in [1.82, 2.24) is 15.2 Å². The van der Waals surface area contributed by atoms with E-state index in [9.17, 15) is 9.59 Å². The maximum Gasteiger partial charge on any atom is 0.318 e. The summed E-state index contributed by atoms with van der Waals surface area (Å²) in [5, 5.41) is 7.34. The number of anilines is 3. The molecule has 3 aromatic rings. The lowest BCUT2D eigenvalue weighted by atomic mass is 9.99. The van der Waals surface area contributed by atoms with Crippen LogP contribution in [0.5, 0.6) is 0 Å². The highest BCUT2D eigenvalue weighted by Gasteiger charge is 2.30. The smallest absolute Gasteiger partial charge is 0.318 e. The Balaban J connectivity index is 1.25. The van der Waals surface area contributed by atoms with E-state index in [0.29, 0.717) is 43.4 Å². The quantitative estimate of drug-likeness (QED) is 0.557. The number of nitrogens with two attached hydrogens (primary N) is 1. The van der Waals surface area contributed by atoms with Gasteiger partial charge >= 0.3 is 6.03 Å². The number of halogens is 1. The lowest BCUT2D eigenvalue weighted by molar-refractivity contribution is -0.118. The fourth-order valence-electron chi connectivity index (χ4n) is 4.32. The molecule has 2 aliphatic heterocycles. The first-order valence-electron chi connectivity index (χ1n) is 10.5. The molecule has 1 atom stereocenters. The van der Waals surface area contributed by atoms with Crippen LogP contribution in [0.25, 0.3) is 10.9 Å². The molecule has 3 amide bonds. The third kappa shape index (κ3) is 3.89. The van der Waals surface area contributed by atoms with Gasteiger partial charge in [0.15, 0.2) is 0 Å². The summed E-state index contributed by atoms with van der Waals surface area (Å²) in [6, 6.07) is 14.3. The third-order valence-electron chi connectivity index (χ3n) is 5.99.